The van der Waals surface area contributed by atoms with E-state index < -0.39 is 0 Å². The van der Waals surface area contributed by atoms with E-state index in [0.717, 1.165) is 61.2 Å². The van der Waals surface area contributed by atoms with E-state index in [1.54, 1.807) is 12.1 Å². The molecule has 6 nitrogen and oxygen atoms in total. The second-order valence-electron chi connectivity index (χ2n) is 12.7. The Morgan fingerprint density at radius 2 is 0.593 bits per heavy atom. The van der Waals surface area contributed by atoms with Crippen LogP contribution in [0.3, 0.4) is 0 Å². The smallest absolute Gasteiger partial charge is 0.164 e. The maximum Gasteiger partial charge on any atom is 0.164 e. The molecule has 8 aromatic rings. The monoisotopic (exact) mass is 688 g/mol. The third-order valence-electron chi connectivity index (χ3n) is 9.30. The zero-order valence-electron chi connectivity index (χ0n) is 28.8. The first-order valence-electron chi connectivity index (χ1n) is 17.3. The van der Waals surface area contributed by atoms with Crippen LogP contribution >= 0.6 is 0 Å². The van der Waals surface area contributed by atoms with Gasteiger partial charge in [-0.2, -0.15) is 15.8 Å². The van der Waals surface area contributed by atoms with Crippen molar-refractivity contribution in [3.63, 3.8) is 0 Å². The van der Waals surface area contributed by atoms with Gasteiger partial charge in [0.1, 0.15) is 0 Å². The Balaban J connectivity index is 1.21. The summed E-state index contributed by atoms with van der Waals surface area (Å²) in [6.07, 6.45) is 0. The highest BCUT2D eigenvalue weighted by Gasteiger charge is 2.15. The van der Waals surface area contributed by atoms with Crippen LogP contribution in [0.4, 0.5) is 0 Å². The maximum absolute atomic E-state index is 9.39. The fourth-order valence-corrected chi connectivity index (χ4v) is 6.37. The van der Waals surface area contributed by atoms with Gasteiger partial charge in [-0.05, 0) is 99.1 Å². The van der Waals surface area contributed by atoms with Gasteiger partial charge in [0.15, 0.2) is 17.5 Å². The summed E-state index contributed by atoms with van der Waals surface area (Å²) in [5, 5.41) is 28.1. The van der Waals surface area contributed by atoms with Crippen LogP contribution < -0.4 is 0 Å². The molecule has 6 heteroatoms. The van der Waals surface area contributed by atoms with Gasteiger partial charge in [-0.15, -0.1) is 0 Å². The molecule has 1 heterocycles. The van der Waals surface area contributed by atoms with Gasteiger partial charge >= 0.3 is 0 Å². The quantitative estimate of drug-likeness (QED) is 0.165. The fraction of sp³-hybridized carbons (Fsp3) is 0. The summed E-state index contributed by atoms with van der Waals surface area (Å²) in [5.41, 5.74) is 12.5. The van der Waals surface area contributed by atoms with E-state index in [-0.39, 0.29) is 0 Å². The molecule has 0 saturated carbocycles. The van der Waals surface area contributed by atoms with Crippen LogP contribution in [0.2, 0.25) is 0 Å². The first kappa shape index (κ1) is 33.2. The topological polar surface area (TPSA) is 110 Å². The Morgan fingerprint density at radius 1 is 0.278 bits per heavy atom. The predicted molar refractivity (Wildman–Crippen MR) is 212 cm³/mol. The van der Waals surface area contributed by atoms with Crippen LogP contribution in [0, 0.1) is 34.0 Å². The van der Waals surface area contributed by atoms with Crippen LogP contribution in [0.25, 0.3) is 78.7 Å². The van der Waals surface area contributed by atoms with Crippen molar-refractivity contribution in [2.45, 2.75) is 0 Å². The number of aromatic nitrogens is 3. The summed E-state index contributed by atoms with van der Waals surface area (Å²) in [7, 11) is 0. The lowest BCUT2D eigenvalue weighted by molar-refractivity contribution is 1.07. The van der Waals surface area contributed by atoms with Crippen molar-refractivity contribution in [2.75, 3.05) is 0 Å². The normalized spacial score (nSPS) is 10.5. The number of nitrogens with zero attached hydrogens (tertiary/aromatic N) is 6. The third kappa shape index (κ3) is 6.85. The minimum absolute atomic E-state index is 0.508. The lowest BCUT2D eigenvalue weighted by atomic mass is 9.90. The molecule has 54 heavy (non-hydrogen) atoms. The Bertz CT molecular complexity index is 2730. The lowest BCUT2D eigenvalue weighted by Gasteiger charge is -2.14. The van der Waals surface area contributed by atoms with Crippen molar-refractivity contribution in [2.24, 2.45) is 0 Å². The van der Waals surface area contributed by atoms with E-state index in [4.69, 9.17) is 15.0 Å². The molecule has 0 atom stereocenters. The molecular weight excluding hydrogens is 661 g/mol. The van der Waals surface area contributed by atoms with Crippen molar-refractivity contribution in [1.82, 2.24) is 15.0 Å². The van der Waals surface area contributed by atoms with Crippen LogP contribution in [-0.2, 0) is 0 Å². The fourth-order valence-electron chi connectivity index (χ4n) is 6.37. The van der Waals surface area contributed by atoms with E-state index in [1.165, 1.54) is 0 Å². The molecular formula is C48H28N6. The van der Waals surface area contributed by atoms with Crippen molar-refractivity contribution in [1.29, 1.82) is 15.8 Å². The van der Waals surface area contributed by atoms with Gasteiger partial charge in [0, 0.05) is 16.7 Å². The van der Waals surface area contributed by atoms with E-state index in [0.29, 0.717) is 34.2 Å². The van der Waals surface area contributed by atoms with Gasteiger partial charge in [-0.3, -0.25) is 0 Å². The number of rotatable bonds is 7. The maximum atomic E-state index is 9.39. The van der Waals surface area contributed by atoms with Gasteiger partial charge in [-0.1, -0.05) is 115 Å². The van der Waals surface area contributed by atoms with Crippen molar-refractivity contribution >= 4 is 0 Å². The molecule has 250 valence electrons. The molecule has 0 unspecified atom stereocenters. The number of hydrogen-bond acceptors (Lipinski definition) is 6. The zero-order chi connectivity index (χ0) is 36.9. The second-order valence-corrected chi connectivity index (χ2v) is 12.7. The number of nitriles is 3. The number of benzene rings is 7. The molecule has 0 radical (unpaired) electrons. The van der Waals surface area contributed by atoms with Crippen LogP contribution in [-0.4, -0.2) is 15.0 Å². The molecule has 0 N–H and O–H groups in total. The van der Waals surface area contributed by atoms with E-state index in [1.807, 2.05) is 103 Å². The molecule has 0 spiro atoms. The summed E-state index contributed by atoms with van der Waals surface area (Å²) in [5.74, 6) is 1.58. The largest absolute Gasteiger partial charge is 0.208 e. The molecule has 7 aromatic carbocycles. The summed E-state index contributed by atoms with van der Waals surface area (Å²) in [4.78, 5) is 14.8. The average Bonchev–Trinajstić information content (AvgIpc) is 3.26. The molecule has 8 rings (SSSR count). The molecule has 0 amide bonds. The molecule has 0 fully saturated rings. The lowest BCUT2D eigenvalue weighted by Crippen LogP contribution is -2.00. The minimum Gasteiger partial charge on any atom is -0.208 e. The predicted octanol–water partition coefficient (Wildman–Crippen LogP) is 11.2. The summed E-state index contributed by atoms with van der Waals surface area (Å²) < 4.78 is 0. The summed E-state index contributed by atoms with van der Waals surface area (Å²) in [6, 6.07) is 61.9. The minimum atomic E-state index is 0.508. The Morgan fingerprint density at radius 3 is 1.06 bits per heavy atom. The van der Waals surface area contributed by atoms with E-state index >= 15 is 0 Å². The highest BCUT2D eigenvalue weighted by atomic mass is 15.0. The average molecular weight is 689 g/mol. The number of hydrogen-bond donors (Lipinski definition) is 0. The molecule has 0 aliphatic rings. The van der Waals surface area contributed by atoms with Gasteiger partial charge in [0.2, 0.25) is 0 Å². The van der Waals surface area contributed by atoms with Gasteiger partial charge in [0.25, 0.3) is 0 Å². The molecule has 0 aliphatic heterocycles. The zero-order valence-corrected chi connectivity index (χ0v) is 28.8. The van der Waals surface area contributed by atoms with Gasteiger partial charge < -0.3 is 0 Å². The molecule has 0 aliphatic carbocycles. The molecule has 0 saturated heterocycles. The first-order valence-corrected chi connectivity index (χ1v) is 17.3. The SMILES string of the molecule is N#Cc1ccc(-c2ccc(-c3ccc(C#N)cc3)c(-c3ccc(-c4nc(-c5ccc(C#N)cc5)nc(-c5ccc(-c6ccccc6)cc5)n4)cc3)c2)cc1. The Hall–Kier alpha value is -7.98. The van der Waals surface area contributed by atoms with Gasteiger partial charge in [0.05, 0.1) is 34.9 Å². The van der Waals surface area contributed by atoms with Crippen molar-refractivity contribution in [3.8, 4) is 96.9 Å². The van der Waals surface area contributed by atoms with Crippen LogP contribution in [0.5, 0.6) is 0 Å². The molecule has 1 aromatic heterocycles. The first-order chi connectivity index (χ1) is 26.6. The van der Waals surface area contributed by atoms with Crippen LogP contribution in [0.15, 0.2) is 170 Å². The third-order valence-corrected chi connectivity index (χ3v) is 9.30. The van der Waals surface area contributed by atoms with Gasteiger partial charge in [-0.25, -0.2) is 15.0 Å². The molecule has 0 bridgehead atoms. The Kier molecular flexibility index (Phi) is 9.04. The van der Waals surface area contributed by atoms with Crippen molar-refractivity contribution < 1.29 is 0 Å². The second kappa shape index (κ2) is 14.7. The van der Waals surface area contributed by atoms with E-state index in [2.05, 4.69) is 72.8 Å². The Labute approximate surface area is 313 Å². The summed E-state index contributed by atoms with van der Waals surface area (Å²) >= 11 is 0. The highest BCUT2D eigenvalue weighted by Crippen LogP contribution is 2.37. The highest BCUT2D eigenvalue weighted by molar-refractivity contribution is 5.88. The summed E-state index contributed by atoms with van der Waals surface area (Å²) in [6.45, 7) is 0. The van der Waals surface area contributed by atoms with Crippen LogP contribution in [0.1, 0.15) is 16.7 Å². The van der Waals surface area contributed by atoms with E-state index in [9.17, 15) is 15.8 Å². The van der Waals surface area contributed by atoms with Crippen molar-refractivity contribution in [3.05, 3.63) is 187 Å². The standard InChI is InChI=1S/C48H28N6/c49-29-32-6-12-37(13-7-32)43-26-27-44(38-14-8-33(30-50)9-15-38)45(28-43)39-20-24-42(25-21-39)48-53-46(40-16-10-34(31-51)11-17-40)52-47(54-48)41-22-18-36(19-23-41)35-4-2-1-3-5-35/h1-28H.